The van der Waals surface area contributed by atoms with Gasteiger partial charge in [-0.3, -0.25) is 0 Å². The summed E-state index contributed by atoms with van der Waals surface area (Å²) < 4.78 is 0. The highest BCUT2D eigenvalue weighted by atomic mass is 15.1. The van der Waals surface area contributed by atoms with E-state index < -0.39 is 0 Å². The van der Waals surface area contributed by atoms with Gasteiger partial charge in [0.2, 0.25) is 0 Å². The van der Waals surface area contributed by atoms with Crippen LogP contribution in [0.5, 0.6) is 0 Å². The Hall–Kier alpha value is -1.32. The van der Waals surface area contributed by atoms with Gasteiger partial charge in [0.15, 0.2) is 0 Å². The van der Waals surface area contributed by atoms with E-state index in [9.17, 15) is 0 Å². The van der Waals surface area contributed by atoms with Crippen molar-refractivity contribution >= 4 is 11.6 Å². The Morgan fingerprint density at radius 1 is 1.11 bits per heavy atom. The van der Waals surface area contributed by atoms with E-state index in [1.807, 2.05) is 6.07 Å². The molecular formula is C14H24N4. The van der Waals surface area contributed by atoms with Crippen LogP contribution in [0.2, 0.25) is 0 Å². The lowest BCUT2D eigenvalue weighted by molar-refractivity contribution is 0.280. The van der Waals surface area contributed by atoms with E-state index in [4.69, 9.17) is 0 Å². The maximum atomic E-state index is 4.30. The van der Waals surface area contributed by atoms with Crippen molar-refractivity contribution in [2.45, 2.75) is 46.1 Å². The lowest BCUT2D eigenvalue weighted by atomic mass is 9.80. The molecule has 0 saturated heterocycles. The number of anilines is 2. The van der Waals surface area contributed by atoms with Crippen LogP contribution in [0.25, 0.3) is 0 Å². The molecule has 0 amide bonds. The average Bonchev–Trinajstić information content (AvgIpc) is 2.28. The molecule has 0 aromatic carbocycles. The van der Waals surface area contributed by atoms with E-state index >= 15 is 0 Å². The van der Waals surface area contributed by atoms with Gasteiger partial charge in [-0.05, 0) is 38.0 Å². The first-order valence-corrected chi connectivity index (χ1v) is 6.99. The van der Waals surface area contributed by atoms with Crippen LogP contribution in [0.1, 0.15) is 40.0 Å². The molecule has 100 valence electrons. The minimum absolute atomic E-state index is 0.549. The molecule has 1 aromatic heterocycles. The van der Waals surface area contributed by atoms with Crippen LogP contribution < -0.4 is 10.6 Å². The summed E-state index contributed by atoms with van der Waals surface area (Å²) in [5, 5.41) is 6.76. The zero-order valence-corrected chi connectivity index (χ0v) is 11.6. The maximum absolute atomic E-state index is 4.30. The lowest BCUT2D eigenvalue weighted by Gasteiger charge is -2.32. The van der Waals surface area contributed by atoms with E-state index in [1.54, 1.807) is 6.33 Å². The molecule has 0 bridgehead atoms. The number of aromatic nitrogens is 2. The molecule has 2 N–H and O–H groups in total. The second-order valence-corrected chi connectivity index (χ2v) is 5.58. The lowest BCUT2D eigenvalue weighted by Crippen LogP contribution is -2.30. The summed E-state index contributed by atoms with van der Waals surface area (Å²) in [5.74, 6) is 3.45. The van der Waals surface area contributed by atoms with E-state index in [0.29, 0.717) is 6.04 Å². The molecule has 1 aliphatic carbocycles. The Bertz CT molecular complexity index is 370. The van der Waals surface area contributed by atoms with Crippen molar-refractivity contribution in [3.8, 4) is 0 Å². The number of hydrogen-bond acceptors (Lipinski definition) is 4. The summed E-state index contributed by atoms with van der Waals surface area (Å²) >= 11 is 0. The molecule has 0 radical (unpaired) electrons. The normalized spacial score (nSPS) is 27.8. The molecule has 4 heteroatoms. The molecule has 0 spiro atoms. The Balaban J connectivity index is 1.97. The molecule has 1 heterocycles. The average molecular weight is 248 g/mol. The van der Waals surface area contributed by atoms with E-state index in [0.717, 1.165) is 30.0 Å². The minimum Gasteiger partial charge on any atom is -0.370 e. The third-order valence-electron chi connectivity index (χ3n) is 3.56. The fourth-order valence-electron chi connectivity index (χ4n) is 2.99. The van der Waals surface area contributed by atoms with Gasteiger partial charge < -0.3 is 10.6 Å². The van der Waals surface area contributed by atoms with Crippen LogP contribution in [-0.4, -0.2) is 22.6 Å². The predicted octanol–water partition coefficient (Wildman–Crippen LogP) is 3.15. The topological polar surface area (TPSA) is 49.8 Å². The Morgan fingerprint density at radius 3 is 2.44 bits per heavy atom. The summed E-state index contributed by atoms with van der Waals surface area (Å²) in [6, 6.07) is 2.54. The first-order valence-electron chi connectivity index (χ1n) is 6.99. The fourth-order valence-corrected chi connectivity index (χ4v) is 2.99. The molecule has 18 heavy (non-hydrogen) atoms. The molecule has 1 aliphatic rings. The van der Waals surface area contributed by atoms with Gasteiger partial charge in [-0.15, -0.1) is 0 Å². The number of hydrogen-bond donors (Lipinski definition) is 2. The van der Waals surface area contributed by atoms with Crippen LogP contribution in [-0.2, 0) is 0 Å². The van der Waals surface area contributed by atoms with E-state index in [2.05, 4.69) is 41.4 Å². The van der Waals surface area contributed by atoms with E-state index in [1.165, 1.54) is 19.3 Å². The van der Waals surface area contributed by atoms with Crippen molar-refractivity contribution in [3.05, 3.63) is 12.4 Å². The Kier molecular flexibility index (Phi) is 4.39. The molecule has 0 aliphatic heterocycles. The van der Waals surface area contributed by atoms with Gasteiger partial charge in [-0.1, -0.05) is 13.8 Å². The number of nitrogens with zero attached hydrogens (tertiary/aromatic N) is 2. The molecule has 4 nitrogen and oxygen atoms in total. The summed E-state index contributed by atoms with van der Waals surface area (Å²) in [6.45, 7) is 7.64. The maximum Gasteiger partial charge on any atom is 0.131 e. The van der Waals surface area contributed by atoms with Crippen LogP contribution >= 0.6 is 0 Å². The summed E-state index contributed by atoms with van der Waals surface area (Å²) in [6.07, 6.45) is 5.45. The van der Waals surface area contributed by atoms with Crippen molar-refractivity contribution in [1.82, 2.24) is 9.97 Å². The third-order valence-corrected chi connectivity index (χ3v) is 3.56. The van der Waals surface area contributed by atoms with Crippen LogP contribution in [0.3, 0.4) is 0 Å². The second kappa shape index (κ2) is 6.03. The molecular weight excluding hydrogens is 224 g/mol. The highest BCUT2D eigenvalue weighted by molar-refractivity contribution is 5.46. The van der Waals surface area contributed by atoms with Gasteiger partial charge >= 0.3 is 0 Å². The fraction of sp³-hybridized carbons (Fsp3) is 0.714. The smallest absolute Gasteiger partial charge is 0.131 e. The van der Waals surface area contributed by atoms with Gasteiger partial charge in [0, 0.05) is 18.7 Å². The monoisotopic (exact) mass is 248 g/mol. The van der Waals surface area contributed by atoms with E-state index in [-0.39, 0.29) is 0 Å². The zero-order chi connectivity index (χ0) is 13.0. The van der Waals surface area contributed by atoms with Gasteiger partial charge in [0.25, 0.3) is 0 Å². The highest BCUT2D eigenvalue weighted by Gasteiger charge is 2.23. The molecule has 1 saturated carbocycles. The zero-order valence-electron chi connectivity index (χ0n) is 11.6. The molecule has 2 rings (SSSR count). The van der Waals surface area contributed by atoms with Crippen LogP contribution in [0.15, 0.2) is 12.4 Å². The largest absolute Gasteiger partial charge is 0.370 e. The van der Waals surface area contributed by atoms with Crippen molar-refractivity contribution in [1.29, 1.82) is 0 Å². The van der Waals surface area contributed by atoms with Crippen LogP contribution in [0.4, 0.5) is 11.6 Å². The summed E-state index contributed by atoms with van der Waals surface area (Å²) in [7, 11) is 0. The number of nitrogens with one attached hydrogen (secondary N) is 2. The first-order chi connectivity index (χ1) is 8.67. The van der Waals surface area contributed by atoms with Crippen LogP contribution in [0, 0.1) is 11.8 Å². The SMILES string of the molecule is CCNc1cc(NC2CC(C)CC(C)C2)ncn1. The molecule has 1 fully saturated rings. The first kappa shape index (κ1) is 13.1. The van der Waals surface area contributed by atoms with Crippen molar-refractivity contribution in [3.63, 3.8) is 0 Å². The van der Waals surface area contributed by atoms with Gasteiger partial charge in [-0.25, -0.2) is 9.97 Å². The highest BCUT2D eigenvalue weighted by Crippen LogP contribution is 2.30. The third kappa shape index (κ3) is 3.59. The Labute approximate surface area is 110 Å². The minimum atomic E-state index is 0.549. The van der Waals surface area contributed by atoms with Crippen molar-refractivity contribution < 1.29 is 0 Å². The van der Waals surface area contributed by atoms with Gasteiger partial charge in [0.1, 0.15) is 18.0 Å². The second-order valence-electron chi connectivity index (χ2n) is 5.58. The van der Waals surface area contributed by atoms with Gasteiger partial charge in [0.05, 0.1) is 0 Å². The van der Waals surface area contributed by atoms with Crippen molar-refractivity contribution in [2.75, 3.05) is 17.2 Å². The summed E-state index contributed by atoms with van der Waals surface area (Å²) in [4.78, 5) is 8.49. The predicted molar refractivity (Wildman–Crippen MR) is 75.8 cm³/mol. The standard InChI is InChI=1S/C14H24N4/c1-4-15-13-8-14(17-9-16-13)18-12-6-10(2)5-11(3)7-12/h8-12H,4-7H2,1-3H3,(H2,15,16,17,18). The van der Waals surface area contributed by atoms with Crippen molar-refractivity contribution in [2.24, 2.45) is 11.8 Å². The molecule has 1 aromatic rings. The number of rotatable bonds is 4. The summed E-state index contributed by atoms with van der Waals surface area (Å²) in [5.41, 5.74) is 0. The quantitative estimate of drug-likeness (QED) is 0.859. The molecule has 2 unspecified atom stereocenters. The van der Waals surface area contributed by atoms with Gasteiger partial charge in [-0.2, -0.15) is 0 Å². The molecule has 2 atom stereocenters. The Morgan fingerprint density at radius 2 is 1.78 bits per heavy atom.